The highest BCUT2D eigenvalue weighted by atomic mass is 16.6. The molecule has 0 bridgehead atoms. The summed E-state index contributed by atoms with van der Waals surface area (Å²) in [5.41, 5.74) is 0.718. The number of anilines is 1. The van der Waals surface area contributed by atoms with Gasteiger partial charge in [-0.15, -0.1) is 0 Å². The van der Waals surface area contributed by atoms with Crippen LogP contribution >= 0.6 is 0 Å². The van der Waals surface area contributed by atoms with Gasteiger partial charge in [-0.05, 0) is 12.1 Å². The molecule has 90 valence electrons. The molecule has 1 aromatic rings. The average molecular weight is 225 g/mol. The second-order valence-corrected chi connectivity index (χ2v) is 2.62. The number of nitrogens with one attached hydrogen (secondary N) is 1. The summed E-state index contributed by atoms with van der Waals surface area (Å²) in [6, 6.07) is 9.13. The number of rotatable bonds is 4. The summed E-state index contributed by atoms with van der Waals surface area (Å²) >= 11 is 0. The molecule has 4 nitrogen and oxygen atoms in total. The van der Waals surface area contributed by atoms with E-state index >= 15 is 0 Å². The standard InChI is InChI=1S/C10H13NO3.C2H6/c1-13-7-8-14-10(12)11-9-5-3-2-4-6-9;1-2/h2-6H,7-8H2,1H3,(H,11,12);1-2H3. The van der Waals surface area contributed by atoms with Crippen molar-refractivity contribution in [3.05, 3.63) is 30.3 Å². The van der Waals surface area contributed by atoms with Crippen molar-refractivity contribution >= 4 is 11.8 Å². The first-order chi connectivity index (χ1) is 7.83. The summed E-state index contributed by atoms with van der Waals surface area (Å²) in [6.07, 6.45) is -0.465. The van der Waals surface area contributed by atoms with Gasteiger partial charge in [0.25, 0.3) is 0 Å². The van der Waals surface area contributed by atoms with E-state index in [-0.39, 0.29) is 6.61 Å². The number of para-hydroxylation sites is 1. The van der Waals surface area contributed by atoms with Crippen LogP contribution in [0, 0.1) is 0 Å². The van der Waals surface area contributed by atoms with Crippen molar-refractivity contribution in [2.45, 2.75) is 13.8 Å². The second kappa shape index (κ2) is 9.98. The predicted octanol–water partition coefficient (Wildman–Crippen LogP) is 2.91. The lowest BCUT2D eigenvalue weighted by Gasteiger charge is -2.05. The molecular weight excluding hydrogens is 206 g/mol. The van der Waals surface area contributed by atoms with Crippen LogP contribution in [0.25, 0.3) is 0 Å². The summed E-state index contributed by atoms with van der Waals surface area (Å²) in [5.74, 6) is 0. The lowest BCUT2D eigenvalue weighted by atomic mass is 10.3. The Morgan fingerprint density at radius 1 is 1.19 bits per heavy atom. The van der Waals surface area contributed by atoms with E-state index in [1.165, 1.54) is 0 Å². The summed E-state index contributed by atoms with van der Waals surface area (Å²) in [4.78, 5) is 11.1. The van der Waals surface area contributed by atoms with Crippen LogP contribution in [0.15, 0.2) is 30.3 Å². The predicted molar refractivity (Wildman–Crippen MR) is 64.6 cm³/mol. The number of hydrogen-bond acceptors (Lipinski definition) is 3. The number of hydrogen-bond donors (Lipinski definition) is 1. The fourth-order valence-electron chi connectivity index (χ4n) is 0.893. The maximum Gasteiger partial charge on any atom is 0.411 e. The van der Waals surface area contributed by atoms with E-state index in [1.54, 1.807) is 19.2 Å². The first kappa shape index (κ1) is 14.5. The quantitative estimate of drug-likeness (QED) is 0.801. The highest BCUT2D eigenvalue weighted by molar-refractivity contribution is 5.84. The molecular formula is C12H19NO3. The molecule has 4 heteroatoms. The Balaban J connectivity index is 0.00000106. The van der Waals surface area contributed by atoms with Gasteiger partial charge in [0.1, 0.15) is 6.61 Å². The molecule has 0 fully saturated rings. The minimum absolute atomic E-state index is 0.259. The Hall–Kier alpha value is -1.55. The summed E-state index contributed by atoms with van der Waals surface area (Å²) in [5, 5.41) is 2.58. The van der Waals surface area contributed by atoms with Gasteiger partial charge in [0.05, 0.1) is 6.61 Å². The summed E-state index contributed by atoms with van der Waals surface area (Å²) in [6.45, 7) is 4.66. The number of amides is 1. The Morgan fingerprint density at radius 2 is 1.81 bits per heavy atom. The van der Waals surface area contributed by atoms with E-state index in [4.69, 9.17) is 9.47 Å². The Labute approximate surface area is 96.6 Å². The van der Waals surface area contributed by atoms with Gasteiger partial charge >= 0.3 is 6.09 Å². The van der Waals surface area contributed by atoms with Crippen molar-refractivity contribution in [1.82, 2.24) is 0 Å². The third kappa shape index (κ3) is 6.84. The zero-order chi connectivity index (χ0) is 12.2. The van der Waals surface area contributed by atoms with E-state index in [9.17, 15) is 4.79 Å². The van der Waals surface area contributed by atoms with E-state index < -0.39 is 6.09 Å². The topological polar surface area (TPSA) is 47.6 Å². The monoisotopic (exact) mass is 225 g/mol. The molecule has 0 aliphatic carbocycles. The molecule has 1 aromatic carbocycles. The fraction of sp³-hybridized carbons (Fsp3) is 0.417. The first-order valence-corrected chi connectivity index (χ1v) is 5.30. The van der Waals surface area contributed by atoms with Crippen LogP contribution in [0.2, 0.25) is 0 Å². The average Bonchev–Trinajstić information content (AvgIpc) is 2.33. The van der Waals surface area contributed by atoms with Crippen molar-refractivity contribution in [3.63, 3.8) is 0 Å². The molecule has 0 aromatic heterocycles. The lowest BCUT2D eigenvalue weighted by Crippen LogP contribution is -2.16. The largest absolute Gasteiger partial charge is 0.447 e. The zero-order valence-electron chi connectivity index (χ0n) is 10.0. The Morgan fingerprint density at radius 3 is 2.38 bits per heavy atom. The van der Waals surface area contributed by atoms with Gasteiger partial charge in [-0.3, -0.25) is 5.32 Å². The second-order valence-electron chi connectivity index (χ2n) is 2.62. The third-order valence-corrected chi connectivity index (χ3v) is 1.54. The molecule has 0 aliphatic rings. The van der Waals surface area contributed by atoms with Crippen LogP contribution in [0.3, 0.4) is 0 Å². The first-order valence-electron chi connectivity index (χ1n) is 5.30. The van der Waals surface area contributed by atoms with Crippen LogP contribution in [0.1, 0.15) is 13.8 Å². The Bertz CT molecular complexity index is 275. The molecule has 0 unspecified atom stereocenters. The van der Waals surface area contributed by atoms with Crippen LogP contribution < -0.4 is 5.32 Å². The number of carbonyl (C=O) groups is 1. The molecule has 0 saturated carbocycles. The van der Waals surface area contributed by atoms with Crippen LogP contribution in [0.4, 0.5) is 10.5 Å². The molecule has 1 rings (SSSR count). The molecule has 0 aliphatic heterocycles. The molecule has 0 spiro atoms. The molecule has 1 N–H and O–H groups in total. The van der Waals surface area contributed by atoms with Gasteiger partial charge in [-0.25, -0.2) is 4.79 Å². The highest BCUT2D eigenvalue weighted by Crippen LogP contribution is 2.04. The fourth-order valence-corrected chi connectivity index (χ4v) is 0.893. The summed E-state index contributed by atoms with van der Waals surface area (Å²) in [7, 11) is 1.55. The lowest BCUT2D eigenvalue weighted by molar-refractivity contribution is 0.107. The number of methoxy groups -OCH3 is 1. The molecule has 1 amide bonds. The van der Waals surface area contributed by atoms with E-state index in [0.29, 0.717) is 6.61 Å². The van der Waals surface area contributed by atoms with Crippen molar-refractivity contribution in [2.75, 3.05) is 25.6 Å². The third-order valence-electron chi connectivity index (χ3n) is 1.54. The minimum Gasteiger partial charge on any atom is -0.447 e. The van der Waals surface area contributed by atoms with E-state index in [2.05, 4.69) is 5.32 Å². The molecule has 0 saturated heterocycles. The highest BCUT2D eigenvalue weighted by Gasteiger charge is 2.00. The van der Waals surface area contributed by atoms with Crippen molar-refractivity contribution < 1.29 is 14.3 Å². The van der Waals surface area contributed by atoms with Gasteiger partial charge in [0.2, 0.25) is 0 Å². The number of carbonyl (C=O) groups excluding carboxylic acids is 1. The molecule has 16 heavy (non-hydrogen) atoms. The maximum atomic E-state index is 11.1. The van der Waals surface area contributed by atoms with Crippen molar-refractivity contribution in [1.29, 1.82) is 0 Å². The smallest absolute Gasteiger partial charge is 0.411 e. The summed E-state index contributed by atoms with van der Waals surface area (Å²) < 4.78 is 9.55. The number of benzene rings is 1. The van der Waals surface area contributed by atoms with Gasteiger partial charge in [-0.2, -0.15) is 0 Å². The normalized spacial score (nSPS) is 8.69. The Kier molecular flexibility index (Phi) is 9.02. The SMILES string of the molecule is CC.COCCOC(=O)Nc1ccccc1. The van der Waals surface area contributed by atoms with Gasteiger partial charge in [-0.1, -0.05) is 32.0 Å². The van der Waals surface area contributed by atoms with Crippen molar-refractivity contribution in [3.8, 4) is 0 Å². The zero-order valence-corrected chi connectivity index (χ0v) is 10.0. The molecule has 0 radical (unpaired) electrons. The minimum atomic E-state index is -0.465. The van der Waals surface area contributed by atoms with Gasteiger partial charge in [0.15, 0.2) is 0 Å². The van der Waals surface area contributed by atoms with E-state index in [0.717, 1.165) is 5.69 Å². The van der Waals surface area contributed by atoms with Crippen LogP contribution in [0.5, 0.6) is 0 Å². The van der Waals surface area contributed by atoms with Crippen LogP contribution in [-0.2, 0) is 9.47 Å². The van der Waals surface area contributed by atoms with Gasteiger partial charge < -0.3 is 9.47 Å². The van der Waals surface area contributed by atoms with E-state index in [1.807, 2.05) is 32.0 Å². The molecule has 0 atom stereocenters. The van der Waals surface area contributed by atoms with Gasteiger partial charge in [0, 0.05) is 12.8 Å². The molecule has 0 heterocycles. The van der Waals surface area contributed by atoms with Crippen LogP contribution in [-0.4, -0.2) is 26.4 Å². The number of ether oxygens (including phenoxy) is 2. The van der Waals surface area contributed by atoms with Crippen molar-refractivity contribution in [2.24, 2.45) is 0 Å². The maximum absolute atomic E-state index is 11.1.